The third-order valence-corrected chi connectivity index (χ3v) is 3.00. The molecule has 7 heteroatoms. The average Bonchev–Trinajstić information content (AvgIpc) is 2.99. The predicted molar refractivity (Wildman–Crippen MR) is 79.8 cm³/mol. The van der Waals surface area contributed by atoms with E-state index in [4.69, 9.17) is 0 Å². The normalized spacial score (nSPS) is 10.4. The number of aromatic amines is 1. The molecule has 1 amide bonds. The van der Waals surface area contributed by atoms with Crippen LogP contribution in [0.4, 0.5) is 0 Å². The zero-order valence-electron chi connectivity index (χ0n) is 11.9. The third kappa shape index (κ3) is 3.14. The van der Waals surface area contributed by atoms with Crippen molar-refractivity contribution >= 4 is 5.91 Å². The maximum atomic E-state index is 12.0. The van der Waals surface area contributed by atoms with Crippen molar-refractivity contribution in [2.24, 2.45) is 0 Å². The molecule has 0 fully saturated rings. The number of benzene rings is 1. The molecule has 1 aromatic carbocycles. The smallest absolute Gasteiger partial charge is 0.254 e. The molecule has 22 heavy (non-hydrogen) atoms. The van der Waals surface area contributed by atoms with Gasteiger partial charge < -0.3 is 5.32 Å². The van der Waals surface area contributed by atoms with Gasteiger partial charge in [-0.05, 0) is 6.92 Å². The molecule has 0 spiro atoms. The first-order valence-corrected chi connectivity index (χ1v) is 6.76. The van der Waals surface area contributed by atoms with Crippen molar-refractivity contribution in [3.05, 3.63) is 59.9 Å². The number of nitrogens with one attached hydrogen (secondary N) is 2. The highest BCUT2D eigenvalue weighted by Gasteiger charge is 2.09. The van der Waals surface area contributed by atoms with E-state index in [1.807, 2.05) is 30.3 Å². The fourth-order valence-electron chi connectivity index (χ4n) is 1.91. The first kappa shape index (κ1) is 13.9. The van der Waals surface area contributed by atoms with Gasteiger partial charge in [0.05, 0.1) is 12.1 Å². The quantitative estimate of drug-likeness (QED) is 0.760. The number of nitrogens with zero attached hydrogens (tertiary/aromatic N) is 4. The Morgan fingerprint density at radius 2 is 1.91 bits per heavy atom. The molecule has 0 aliphatic heterocycles. The highest BCUT2D eigenvalue weighted by atomic mass is 16.1. The van der Waals surface area contributed by atoms with E-state index in [9.17, 15) is 4.79 Å². The van der Waals surface area contributed by atoms with E-state index in [0.29, 0.717) is 23.0 Å². The molecule has 2 N–H and O–H groups in total. The van der Waals surface area contributed by atoms with Crippen LogP contribution >= 0.6 is 0 Å². The largest absolute Gasteiger partial charge is 0.345 e. The number of rotatable bonds is 4. The van der Waals surface area contributed by atoms with Crippen LogP contribution in [0.25, 0.3) is 11.4 Å². The zero-order valence-corrected chi connectivity index (χ0v) is 11.9. The lowest BCUT2D eigenvalue weighted by atomic mass is 10.2. The van der Waals surface area contributed by atoms with Crippen LogP contribution in [0.1, 0.15) is 22.0 Å². The Bertz CT molecular complexity index is 766. The second-order valence-corrected chi connectivity index (χ2v) is 4.68. The summed E-state index contributed by atoms with van der Waals surface area (Å²) in [5.74, 6) is 1.57. The summed E-state index contributed by atoms with van der Waals surface area (Å²) < 4.78 is 0. The van der Waals surface area contributed by atoms with E-state index in [-0.39, 0.29) is 12.5 Å². The molecule has 0 atom stereocenters. The fourth-order valence-corrected chi connectivity index (χ4v) is 1.91. The maximum absolute atomic E-state index is 12.0. The van der Waals surface area contributed by atoms with Crippen LogP contribution in [-0.4, -0.2) is 31.1 Å². The van der Waals surface area contributed by atoms with Crippen molar-refractivity contribution in [2.45, 2.75) is 13.5 Å². The summed E-state index contributed by atoms with van der Waals surface area (Å²) in [7, 11) is 0. The molecule has 110 valence electrons. The molecule has 2 heterocycles. The molecule has 7 nitrogen and oxygen atoms in total. The van der Waals surface area contributed by atoms with Gasteiger partial charge in [0.15, 0.2) is 11.6 Å². The van der Waals surface area contributed by atoms with Gasteiger partial charge in [0.1, 0.15) is 5.82 Å². The SMILES string of the molecule is Cc1nc(CNC(=O)c2cnc(-c3ccccc3)nc2)n[nH]1. The van der Waals surface area contributed by atoms with Gasteiger partial charge >= 0.3 is 0 Å². The Kier molecular flexibility index (Phi) is 3.86. The van der Waals surface area contributed by atoms with E-state index in [2.05, 4.69) is 30.5 Å². The molecular formula is C15H14N6O. The standard InChI is InChI=1S/C15H14N6O/c1-10-19-13(21-20-10)9-18-15(22)12-7-16-14(17-8-12)11-5-3-2-4-6-11/h2-8H,9H2,1H3,(H,18,22)(H,19,20,21). The van der Waals surface area contributed by atoms with E-state index < -0.39 is 0 Å². The molecule has 0 bridgehead atoms. The van der Waals surface area contributed by atoms with Gasteiger partial charge in [-0.2, -0.15) is 5.10 Å². The molecule has 3 rings (SSSR count). The second kappa shape index (κ2) is 6.13. The molecule has 0 radical (unpaired) electrons. The molecule has 0 aliphatic rings. The van der Waals surface area contributed by atoms with Gasteiger partial charge in [-0.15, -0.1) is 0 Å². The number of carbonyl (C=O) groups is 1. The van der Waals surface area contributed by atoms with E-state index in [0.717, 1.165) is 5.56 Å². The Balaban J connectivity index is 1.66. The van der Waals surface area contributed by atoms with Crippen LogP contribution in [0.3, 0.4) is 0 Å². The van der Waals surface area contributed by atoms with Crippen molar-refractivity contribution in [3.63, 3.8) is 0 Å². The van der Waals surface area contributed by atoms with Gasteiger partial charge in [-0.3, -0.25) is 9.89 Å². The highest BCUT2D eigenvalue weighted by molar-refractivity contribution is 5.93. The van der Waals surface area contributed by atoms with Crippen LogP contribution in [0.5, 0.6) is 0 Å². The average molecular weight is 294 g/mol. The summed E-state index contributed by atoms with van der Waals surface area (Å²) in [5.41, 5.74) is 1.30. The number of carbonyl (C=O) groups excluding carboxylic acids is 1. The molecule has 3 aromatic rings. The predicted octanol–water partition coefficient (Wildman–Crippen LogP) is 1.50. The second-order valence-electron chi connectivity index (χ2n) is 4.68. The molecule has 0 saturated heterocycles. The zero-order chi connectivity index (χ0) is 15.4. The van der Waals surface area contributed by atoms with Crippen LogP contribution < -0.4 is 5.32 Å². The number of amides is 1. The first-order valence-electron chi connectivity index (χ1n) is 6.76. The Morgan fingerprint density at radius 1 is 1.18 bits per heavy atom. The minimum Gasteiger partial charge on any atom is -0.345 e. The van der Waals surface area contributed by atoms with Gasteiger partial charge in [-0.1, -0.05) is 30.3 Å². The van der Waals surface area contributed by atoms with Crippen molar-refractivity contribution < 1.29 is 4.79 Å². The number of aryl methyl sites for hydroxylation is 1. The fraction of sp³-hybridized carbons (Fsp3) is 0.133. The highest BCUT2D eigenvalue weighted by Crippen LogP contribution is 2.13. The molecule has 2 aromatic heterocycles. The minimum absolute atomic E-state index is 0.254. The third-order valence-electron chi connectivity index (χ3n) is 3.00. The van der Waals surface area contributed by atoms with Crippen molar-refractivity contribution in [1.82, 2.24) is 30.5 Å². The van der Waals surface area contributed by atoms with Gasteiger partial charge in [0, 0.05) is 18.0 Å². The van der Waals surface area contributed by atoms with Gasteiger partial charge in [0.25, 0.3) is 5.91 Å². The Labute approximate surface area is 126 Å². The summed E-state index contributed by atoms with van der Waals surface area (Å²) in [6, 6.07) is 9.59. The van der Waals surface area contributed by atoms with Crippen LogP contribution in [-0.2, 0) is 6.54 Å². The molecule has 0 saturated carbocycles. The number of hydrogen-bond acceptors (Lipinski definition) is 5. The number of H-pyrrole nitrogens is 1. The molecule has 0 aliphatic carbocycles. The minimum atomic E-state index is -0.262. The lowest BCUT2D eigenvalue weighted by Crippen LogP contribution is -2.23. The Hall–Kier alpha value is -3.09. The van der Waals surface area contributed by atoms with E-state index >= 15 is 0 Å². The first-order chi connectivity index (χ1) is 10.7. The van der Waals surface area contributed by atoms with Crippen LogP contribution in [0.15, 0.2) is 42.7 Å². The summed E-state index contributed by atoms with van der Waals surface area (Å²) in [6.45, 7) is 2.05. The van der Waals surface area contributed by atoms with Crippen LogP contribution in [0.2, 0.25) is 0 Å². The number of hydrogen-bond donors (Lipinski definition) is 2. The van der Waals surface area contributed by atoms with E-state index in [1.165, 1.54) is 12.4 Å². The number of aromatic nitrogens is 5. The van der Waals surface area contributed by atoms with E-state index in [1.54, 1.807) is 6.92 Å². The lowest BCUT2D eigenvalue weighted by molar-refractivity contribution is 0.0949. The molecule has 0 unspecified atom stereocenters. The van der Waals surface area contributed by atoms with Gasteiger partial charge in [0.2, 0.25) is 0 Å². The topological polar surface area (TPSA) is 96.5 Å². The molecular weight excluding hydrogens is 280 g/mol. The summed E-state index contributed by atoms with van der Waals surface area (Å²) >= 11 is 0. The van der Waals surface area contributed by atoms with Crippen LogP contribution in [0, 0.1) is 6.92 Å². The summed E-state index contributed by atoms with van der Waals surface area (Å²) in [4.78, 5) is 24.6. The Morgan fingerprint density at radius 3 is 2.55 bits per heavy atom. The summed E-state index contributed by atoms with van der Waals surface area (Å²) in [6.07, 6.45) is 3.02. The van der Waals surface area contributed by atoms with Gasteiger partial charge in [-0.25, -0.2) is 15.0 Å². The maximum Gasteiger partial charge on any atom is 0.254 e. The van der Waals surface area contributed by atoms with Crippen molar-refractivity contribution in [3.8, 4) is 11.4 Å². The summed E-state index contributed by atoms with van der Waals surface area (Å²) in [5, 5.41) is 9.40. The lowest BCUT2D eigenvalue weighted by Gasteiger charge is -2.03. The van der Waals surface area contributed by atoms with Crippen molar-refractivity contribution in [1.29, 1.82) is 0 Å². The monoisotopic (exact) mass is 294 g/mol. The van der Waals surface area contributed by atoms with Crippen molar-refractivity contribution in [2.75, 3.05) is 0 Å².